The largest absolute Gasteiger partial charge is 0.353 e. The topological polar surface area (TPSA) is 67.2 Å². The minimum absolute atomic E-state index is 0.0814. The van der Waals surface area contributed by atoms with Crippen molar-refractivity contribution in [2.75, 3.05) is 26.4 Å². The maximum absolute atomic E-state index is 12.8. The van der Waals surface area contributed by atoms with Gasteiger partial charge < -0.3 is 10.2 Å². The lowest BCUT2D eigenvalue weighted by molar-refractivity contribution is -0.118. The summed E-state index contributed by atoms with van der Waals surface area (Å²) in [6, 6.07) is 17.4. The number of carbonyl (C=O) groups excluding carboxylic acids is 1. The number of fused-ring (bicyclic) bond motifs is 1. The molecule has 7 heteroatoms. The first-order valence-corrected chi connectivity index (χ1v) is 10.7. The zero-order valence-electron chi connectivity index (χ0n) is 17.2. The number of rotatable bonds is 9. The van der Waals surface area contributed by atoms with E-state index < -0.39 is 0 Å². The van der Waals surface area contributed by atoms with Crippen LogP contribution in [-0.4, -0.2) is 46.8 Å². The van der Waals surface area contributed by atoms with Gasteiger partial charge in [-0.2, -0.15) is 0 Å². The van der Waals surface area contributed by atoms with Gasteiger partial charge in [-0.15, -0.1) is 6.58 Å². The highest BCUT2D eigenvalue weighted by atomic mass is 32.2. The van der Waals surface area contributed by atoms with E-state index in [0.29, 0.717) is 29.1 Å². The number of allylic oxidation sites excluding steroid dienone is 1. The third-order valence-corrected chi connectivity index (χ3v) is 5.75. The van der Waals surface area contributed by atoms with Gasteiger partial charge in [0.05, 0.1) is 22.7 Å². The van der Waals surface area contributed by atoms with Crippen molar-refractivity contribution >= 4 is 28.6 Å². The van der Waals surface area contributed by atoms with Gasteiger partial charge in [-0.1, -0.05) is 60.3 Å². The zero-order chi connectivity index (χ0) is 21.5. The second-order valence-electron chi connectivity index (χ2n) is 7.10. The Morgan fingerprint density at radius 2 is 1.90 bits per heavy atom. The van der Waals surface area contributed by atoms with Crippen molar-refractivity contribution in [3.63, 3.8) is 0 Å². The van der Waals surface area contributed by atoms with Gasteiger partial charge in [-0.05, 0) is 31.8 Å². The van der Waals surface area contributed by atoms with Crippen molar-refractivity contribution in [2.24, 2.45) is 0 Å². The van der Waals surface area contributed by atoms with Crippen molar-refractivity contribution < 1.29 is 4.79 Å². The number of likely N-dealkylation sites (N-methyl/N-ethyl adjacent to an activating group) is 1. The van der Waals surface area contributed by atoms with Gasteiger partial charge in [0.15, 0.2) is 5.16 Å². The van der Waals surface area contributed by atoms with Crippen molar-refractivity contribution in [3.8, 4) is 0 Å². The van der Waals surface area contributed by atoms with Crippen molar-refractivity contribution in [2.45, 2.75) is 17.7 Å². The van der Waals surface area contributed by atoms with Crippen LogP contribution in [-0.2, 0) is 11.3 Å². The summed E-state index contributed by atoms with van der Waals surface area (Å²) in [5.74, 6) is 0.0759. The van der Waals surface area contributed by atoms with E-state index in [1.165, 1.54) is 11.8 Å². The molecule has 0 unspecified atom stereocenters. The molecule has 1 N–H and O–H groups in total. The Morgan fingerprint density at radius 1 is 1.20 bits per heavy atom. The summed E-state index contributed by atoms with van der Waals surface area (Å²) < 4.78 is 1.56. The minimum atomic E-state index is -0.125. The number of carbonyl (C=O) groups is 1. The molecule has 0 radical (unpaired) electrons. The van der Waals surface area contributed by atoms with Gasteiger partial charge >= 0.3 is 0 Å². The van der Waals surface area contributed by atoms with Gasteiger partial charge in [-0.3, -0.25) is 14.2 Å². The van der Waals surface area contributed by atoms with Crippen LogP contribution in [0.1, 0.15) is 11.6 Å². The number of para-hydroxylation sites is 1. The van der Waals surface area contributed by atoms with Gasteiger partial charge in [-0.25, -0.2) is 4.98 Å². The molecule has 0 bridgehead atoms. The second kappa shape index (κ2) is 10.2. The zero-order valence-corrected chi connectivity index (χ0v) is 18.1. The van der Waals surface area contributed by atoms with Crippen molar-refractivity contribution in [1.29, 1.82) is 0 Å². The fraction of sp³-hybridized carbons (Fsp3) is 0.261. The van der Waals surface area contributed by atoms with Gasteiger partial charge in [0.1, 0.15) is 0 Å². The van der Waals surface area contributed by atoms with E-state index in [2.05, 4.69) is 33.9 Å². The molecule has 30 heavy (non-hydrogen) atoms. The maximum atomic E-state index is 12.8. The molecular weight excluding hydrogens is 396 g/mol. The Balaban J connectivity index is 1.69. The van der Waals surface area contributed by atoms with E-state index in [9.17, 15) is 9.59 Å². The van der Waals surface area contributed by atoms with E-state index >= 15 is 0 Å². The molecule has 0 fully saturated rings. The second-order valence-corrected chi connectivity index (χ2v) is 8.04. The number of nitrogens with zero attached hydrogens (tertiary/aromatic N) is 3. The third kappa shape index (κ3) is 5.17. The average Bonchev–Trinajstić information content (AvgIpc) is 2.75. The first-order valence-electron chi connectivity index (χ1n) is 9.72. The first-order chi connectivity index (χ1) is 14.5. The van der Waals surface area contributed by atoms with Crippen molar-refractivity contribution in [3.05, 3.63) is 83.2 Å². The maximum Gasteiger partial charge on any atom is 0.262 e. The Labute approximate surface area is 180 Å². The number of thioether (sulfide) groups is 1. The fourth-order valence-corrected chi connectivity index (χ4v) is 4.05. The van der Waals surface area contributed by atoms with E-state index in [-0.39, 0.29) is 23.3 Å². The minimum Gasteiger partial charge on any atom is -0.353 e. The summed E-state index contributed by atoms with van der Waals surface area (Å²) in [6.07, 6.45) is 1.66. The summed E-state index contributed by atoms with van der Waals surface area (Å²) >= 11 is 1.26. The van der Waals surface area contributed by atoms with Crippen LogP contribution in [0.15, 0.2) is 77.2 Å². The smallest absolute Gasteiger partial charge is 0.262 e. The Bertz CT molecular complexity index is 1080. The molecule has 0 aliphatic rings. The molecule has 0 aliphatic heterocycles. The molecule has 0 saturated carbocycles. The Hall–Kier alpha value is -2.90. The van der Waals surface area contributed by atoms with Crippen LogP contribution in [0.4, 0.5) is 0 Å². The highest BCUT2D eigenvalue weighted by Crippen LogP contribution is 2.19. The molecule has 6 nitrogen and oxygen atoms in total. The lowest BCUT2D eigenvalue weighted by Crippen LogP contribution is -2.35. The van der Waals surface area contributed by atoms with Crippen molar-refractivity contribution in [1.82, 2.24) is 19.8 Å². The summed E-state index contributed by atoms with van der Waals surface area (Å²) in [7, 11) is 3.98. The predicted octanol–water partition coefficient (Wildman–Crippen LogP) is 3.09. The van der Waals surface area contributed by atoms with Gasteiger partial charge in [0.25, 0.3) is 5.56 Å². The third-order valence-electron chi connectivity index (χ3n) is 4.77. The molecule has 3 rings (SSSR count). The van der Waals surface area contributed by atoms with E-state index in [1.807, 2.05) is 44.4 Å². The summed E-state index contributed by atoms with van der Waals surface area (Å²) in [4.78, 5) is 32.0. The van der Waals surface area contributed by atoms with Gasteiger partial charge in [0.2, 0.25) is 5.91 Å². The number of hydrogen-bond acceptors (Lipinski definition) is 5. The van der Waals surface area contributed by atoms with Crippen LogP contribution < -0.4 is 10.9 Å². The normalized spacial score (nSPS) is 12.1. The highest BCUT2D eigenvalue weighted by molar-refractivity contribution is 7.99. The molecule has 1 heterocycles. The molecular formula is C23H26N4O2S. The van der Waals surface area contributed by atoms with Gasteiger partial charge in [0, 0.05) is 13.1 Å². The summed E-state index contributed by atoms with van der Waals surface area (Å²) in [6.45, 7) is 4.57. The number of amides is 1. The lowest BCUT2D eigenvalue weighted by Gasteiger charge is -2.25. The molecule has 1 amide bonds. The van der Waals surface area contributed by atoms with Crippen LogP contribution >= 0.6 is 11.8 Å². The molecule has 156 valence electrons. The lowest BCUT2D eigenvalue weighted by atomic mass is 10.1. The predicted molar refractivity (Wildman–Crippen MR) is 123 cm³/mol. The molecule has 0 aliphatic carbocycles. The average molecular weight is 423 g/mol. The quantitative estimate of drug-likeness (QED) is 0.326. The summed E-state index contributed by atoms with van der Waals surface area (Å²) in [5.41, 5.74) is 1.65. The fourth-order valence-electron chi connectivity index (χ4n) is 3.21. The number of nitrogens with one attached hydrogen (secondary N) is 1. The molecule has 1 aromatic heterocycles. The summed E-state index contributed by atoms with van der Waals surface area (Å²) in [5, 5.41) is 4.07. The molecule has 2 aromatic carbocycles. The van der Waals surface area contributed by atoms with Crippen LogP contribution in [0.2, 0.25) is 0 Å². The monoisotopic (exact) mass is 422 g/mol. The molecule has 1 atom stereocenters. The number of benzene rings is 2. The van der Waals surface area contributed by atoms with E-state index in [0.717, 1.165) is 5.56 Å². The number of hydrogen-bond donors (Lipinski definition) is 1. The Morgan fingerprint density at radius 3 is 2.60 bits per heavy atom. The molecule has 0 saturated heterocycles. The Kier molecular flexibility index (Phi) is 7.43. The van der Waals surface area contributed by atoms with E-state index in [1.54, 1.807) is 22.8 Å². The first kappa shape index (κ1) is 21.8. The van der Waals surface area contributed by atoms with Crippen LogP contribution in [0.3, 0.4) is 0 Å². The molecule has 0 spiro atoms. The van der Waals surface area contributed by atoms with Crippen LogP contribution in [0, 0.1) is 0 Å². The molecule has 3 aromatic rings. The SMILES string of the molecule is C=CCn1c(SCC(=O)NC[C@@H](c2ccccc2)N(C)C)nc2ccccc2c1=O. The number of aromatic nitrogens is 2. The van der Waals surface area contributed by atoms with Crippen LogP contribution in [0.5, 0.6) is 0 Å². The van der Waals surface area contributed by atoms with E-state index in [4.69, 9.17) is 0 Å². The standard InChI is InChI=1S/C23H26N4O2S/c1-4-14-27-22(29)18-12-8-9-13-19(18)25-23(27)30-16-21(28)24-15-20(26(2)3)17-10-6-5-7-11-17/h4-13,20H,1,14-16H2,2-3H3,(H,24,28)/t20-/m0/s1. The van der Waals surface area contributed by atoms with Crippen LogP contribution in [0.25, 0.3) is 10.9 Å². The highest BCUT2D eigenvalue weighted by Gasteiger charge is 2.16.